The summed E-state index contributed by atoms with van der Waals surface area (Å²) in [7, 11) is 0. The quantitative estimate of drug-likeness (QED) is 0.813. The van der Waals surface area contributed by atoms with Crippen LogP contribution in [0.4, 0.5) is 5.95 Å². The lowest BCUT2D eigenvalue weighted by Crippen LogP contribution is -2.17. The molecule has 0 amide bonds. The average molecular weight is 220 g/mol. The van der Waals surface area contributed by atoms with Gasteiger partial charge in [-0.3, -0.25) is 0 Å². The Hall–Kier alpha value is -1.62. The number of hydrogen-bond donors (Lipinski definition) is 2. The van der Waals surface area contributed by atoms with E-state index in [4.69, 9.17) is 5.11 Å². The van der Waals surface area contributed by atoms with Crippen LogP contribution in [0.25, 0.3) is 5.65 Å². The first-order chi connectivity index (χ1) is 7.69. The zero-order valence-electron chi connectivity index (χ0n) is 9.51. The first kappa shape index (κ1) is 10.9. The molecule has 16 heavy (non-hydrogen) atoms. The molecule has 0 saturated carbocycles. The number of aryl methyl sites for hydroxylation is 1. The Kier molecular flexibility index (Phi) is 3.05. The molecule has 0 spiro atoms. The summed E-state index contributed by atoms with van der Waals surface area (Å²) in [6.07, 6.45) is 2.62. The lowest BCUT2D eigenvalue weighted by atomic mass is 10.2. The molecule has 0 aromatic carbocycles. The Morgan fingerprint density at radius 3 is 3.06 bits per heavy atom. The highest BCUT2D eigenvalue weighted by Crippen LogP contribution is 2.08. The lowest BCUT2D eigenvalue weighted by Gasteiger charge is -2.09. The van der Waals surface area contributed by atoms with Crippen LogP contribution in [0.5, 0.6) is 0 Å². The number of rotatable bonds is 4. The second-order valence-corrected chi connectivity index (χ2v) is 4.00. The van der Waals surface area contributed by atoms with Crippen molar-refractivity contribution in [2.45, 2.75) is 26.3 Å². The molecule has 2 N–H and O–H groups in total. The Balaban J connectivity index is 2.19. The Labute approximate surface area is 94.1 Å². The molecule has 86 valence electrons. The molecule has 2 heterocycles. The number of pyridine rings is 1. The van der Waals surface area contributed by atoms with Gasteiger partial charge in [-0.25, -0.2) is 4.52 Å². The maximum atomic E-state index is 8.80. The van der Waals surface area contributed by atoms with Gasteiger partial charge in [0.25, 0.3) is 0 Å². The van der Waals surface area contributed by atoms with Gasteiger partial charge in [-0.15, -0.1) is 5.10 Å². The van der Waals surface area contributed by atoms with Crippen LogP contribution in [0.3, 0.4) is 0 Å². The average Bonchev–Trinajstić information content (AvgIpc) is 2.59. The van der Waals surface area contributed by atoms with Crippen molar-refractivity contribution in [1.29, 1.82) is 0 Å². The molecule has 2 rings (SSSR count). The Morgan fingerprint density at radius 1 is 1.50 bits per heavy atom. The van der Waals surface area contributed by atoms with Crippen molar-refractivity contribution < 1.29 is 5.11 Å². The van der Waals surface area contributed by atoms with E-state index in [0.717, 1.165) is 11.2 Å². The fraction of sp³-hybridized carbons (Fsp3) is 0.455. The summed E-state index contributed by atoms with van der Waals surface area (Å²) < 4.78 is 1.75. The van der Waals surface area contributed by atoms with Crippen LogP contribution < -0.4 is 5.32 Å². The molecule has 1 atom stereocenters. The maximum Gasteiger partial charge on any atom is 0.243 e. The molecule has 0 aliphatic heterocycles. The number of nitrogens with zero attached hydrogens (tertiary/aromatic N) is 3. The van der Waals surface area contributed by atoms with Crippen LogP contribution in [0.1, 0.15) is 18.9 Å². The molecule has 5 heteroatoms. The van der Waals surface area contributed by atoms with Crippen LogP contribution in [-0.2, 0) is 0 Å². The van der Waals surface area contributed by atoms with Crippen molar-refractivity contribution in [3.05, 3.63) is 23.9 Å². The highest BCUT2D eigenvalue weighted by molar-refractivity contribution is 5.44. The minimum atomic E-state index is 0.167. The van der Waals surface area contributed by atoms with Gasteiger partial charge in [-0.1, -0.05) is 6.07 Å². The first-order valence-electron chi connectivity index (χ1n) is 5.39. The van der Waals surface area contributed by atoms with Gasteiger partial charge < -0.3 is 10.4 Å². The van der Waals surface area contributed by atoms with Gasteiger partial charge in [0.15, 0.2) is 5.65 Å². The highest BCUT2D eigenvalue weighted by atomic mass is 16.3. The standard InChI is InChI=1S/C11H16N4O/c1-8-3-4-10-13-11(14-15(10)7-8)12-9(2)5-6-16/h3-4,7,9,16H,5-6H2,1-2H3,(H,12,14). The van der Waals surface area contributed by atoms with E-state index >= 15 is 0 Å². The maximum absolute atomic E-state index is 8.80. The third-order valence-corrected chi connectivity index (χ3v) is 2.42. The van der Waals surface area contributed by atoms with Crippen molar-refractivity contribution >= 4 is 11.6 Å². The SMILES string of the molecule is Cc1ccc2nc(NC(C)CCO)nn2c1. The number of anilines is 1. The third-order valence-electron chi connectivity index (χ3n) is 2.42. The van der Waals surface area contributed by atoms with Gasteiger partial charge in [0, 0.05) is 18.8 Å². The number of hydrogen-bond acceptors (Lipinski definition) is 4. The highest BCUT2D eigenvalue weighted by Gasteiger charge is 2.06. The lowest BCUT2D eigenvalue weighted by molar-refractivity contribution is 0.282. The second-order valence-electron chi connectivity index (χ2n) is 4.00. The van der Waals surface area contributed by atoms with Crippen LogP contribution in [0.15, 0.2) is 18.3 Å². The largest absolute Gasteiger partial charge is 0.396 e. The zero-order chi connectivity index (χ0) is 11.5. The van der Waals surface area contributed by atoms with Crippen molar-refractivity contribution in [3.63, 3.8) is 0 Å². The van der Waals surface area contributed by atoms with Crippen LogP contribution in [-0.4, -0.2) is 32.4 Å². The molecule has 2 aromatic rings. The topological polar surface area (TPSA) is 62.5 Å². The fourth-order valence-electron chi connectivity index (χ4n) is 1.53. The normalized spacial score (nSPS) is 12.9. The molecule has 0 aliphatic carbocycles. The van der Waals surface area contributed by atoms with Gasteiger partial charge >= 0.3 is 0 Å². The second kappa shape index (κ2) is 4.49. The van der Waals surface area contributed by atoms with Crippen LogP contribution >= 0.6 is 0 Å². The molecule has 0 radical (unpaired) electrons. The summed E-state index contributed by atoms with van der Waals surface area (Å²) >= 11 is 0. The summed E-state index contributed by atoms with van der Waals surface area (Å²) in [4.78, 5) is 4.34. The number of aliphatic hydroxyl groups is 1. The number of nitrogens with one attached hydrogen (secondary N) is 1. The van der Waals surface area contributed by atoms with Gasteiger partial charge in [0.1, 0.15) is 0 Å². The molecule has 0 fully saturated rings. The summed E-state index contributed by atoms with van der Waals surface area (Å²) in [6, 6.07) is 4.11. The van der Waals surface area contributed by atoms with Crippen molar-refractivity contribution in [2.24, 2.45) is 0 Å². The summed E-state index contributed by atoms with van der Waals surface area (Å²) in [5, 5.41) is 16.3. The number of aromatic nitrogens is 3. The van der Waals surface area contributed by atoms with E-state index in [1.54, 1.807) is 4.52 Å². The Bertz CT molecular complexity index is 480. The van der Waals surface area contributed by atoms with Gasteiger partial charge in [-0.05, 0) is 31.9 Å². The van der Waals surface area contributed by atoms with E-state index in [0.29, 0.717) is 12.4 Å². The predicted molar refractivity (Wildman–Crippen MR) is 62.5 cm³/mol. The molecule has 0 saturated heterocycles. The van der Waals surface area contributed by atoms with Crippen molar-refractivity contribution in [2.75, 3.05) is 11.9 Å². The smallest absolute Gasteiger partial charge is 0.243 e. The van der Waals surface area contributed by atoms with Gasteiger partial charge in [0.05, 0.1) is 0 Å². The molecular weight excluding hydrogens is 204 g/mol. The van der Waals surface area contributed by atoms with Crippen LogP contribution in [0.2, 0.25) is 0 Å². The van der Waals surface area contributed by atoms with Gasteiger partial charge in [0.2, 0.25) is 5.95 Å². The molecule has 5 nitrogen and oxygen atoms in total. The van der Waals surface area contributed by atoms with Crippen molar-refractivity contribution in [3.8, 4) is 0 Å². The number of fused-ring (bicyclic) bond motifs is 1. The minimum Gasteiger partial charge on any atom is -0.396 e. The summed E-state index contributed by atoms with van der Waals surface area (Å²) in [6.45, 7) is 4.18. The van der Waals surface area contributed by atoms with E-state index in [-0.39, 0.29) is 12.6 Å². The summed E-state index contributed by atoms with van der Waals surface area (Å²) in [5.41, 5.74) is 1.97. The van der Waals surface area contributed by atoms with E-state index < -0.39 is 0 Å². The van der Waals surface area contributed by atoms with Gasteiger partial charge in [-0.2, -0.15) is 4.98 Å². The Morgan fingerprint density at radius 2 is 2.31 bits per heavy atom. The monoisotopic (exact) mass is 220 g/mol. The molecule has 2 aromatic heterocycles. The minimum absolute atomic E-state index is 0.167. The molecule has 0 aliphatic rings. The van der Waals surface area contributed by atoms with Crippen molar-refractivity contribution in [1.82, 2.24) is 14.6 Å². The molecule has 0 bridgehead atoms. The summed E-state index contributed by atoms with van der Waals surface area (Å²) in [5.74, 6) is 0.603. The predicted octanol–water partition coefficient (Wildman–Crippen LogP) is 1.22. The first-order valence-corrected chi connectivity index (χ1v) is 5.39. The van der Waals surface area contributed by atoms with Crippen LogP contribution in [0, 0.1) is 6.92 Å². The molecular formula is C11H16N4O. The van der Waals surface area contributed by atoms with E-state index in [1.165, 1.54) is 0 Å². The van der Waals surface area contributed by atoms with E-state index in [2.05, 4.69) is 15.4 Å². The third kappa shape index (κ3) is 2.30. The molecule has 1 unspecified atom stereocenters. The van der Waals surface area contributed by atoms with E-state index in [1.807, 2.05) is 32.2 Å². The number of aliphatic hydroxyl groups excluding tert-OH is 1. The van der Waals surface area contributed by atoms with E-state index in [9.17, 15) is 0 Å². The zero-order valence-corrected chi connectivity index (χ0v) is 9.51. The fourth-order valence-corrected chi connectivity index (χ4v) is 1.53.